The molecule has 0 saturated carbocycles. The van der Waals surface area contributed by atoms with E-state index in [0.29, 0.717) is 5.88 Å². The van der Waals surface area contributed by atoms with Crippen LogP contribution in [0.4, 0.5) is 5.82 Å². The minimum Gasteiger partial charge on any atom is -0.474 e. The maximum Gasteiger partial charge on any atom is 0.233 e. The average molecular weight is 308 g/mol. The molecule has 0 aromatic carbocycles. The van der Waals surface area contributed by atoms with Gasteiger partial charge in [0.15, 0.2) is 5.82 Å². The Morgan fingerprint density at radius 2 is 1.68 bits per heavy atom. The van der Waals surface area contributed by atoms with Crippen LogP contribution >= 0.6 is 0 Å². The van der Waals surface area contributed by atoms with Crippen LogP contribution in [0, 0.1) is 0 Å². The number of rotatable bonds is 11. The lowest BCUT2D eigenvalue weighted by atomic mass is 10.2. The van der Waals surface area contributed by atoms with Crippen molar-refractivity contribution in [2.75, 3.05) is 37.6 Å². The summed E-state index contributed by atoms with van der Waals surface area (Å²) in [6.45, 7) is 16.0. The van der Waals surface area contributed by atoms with Gasteiger partial charge in [0, 0.05) is 19.2 Å². The van der Waals surface area contributed by atoms with Crippen LogP contribution in [0.15, 0.2) is 12.1 Å². The first kappa shape index (κ1) is 18.7. The van der Waals surface area contributed by atoms with E-state index >= 15 is 0 Å². The lowest BCUT2D eigenvalue weighted by molar-refractivity contribution is 0.187. The third-order valence-electron chi connectivity index (χ3n) is 4.01. The van der Waals surface area contributed by atoms with Crippen molar-refractivity contribution in [3.63, 3.8) is 0 Å². The molecule has 0 aliphatic heterocycles. The molecule has 0 aliphatic carbocycles. The van der Waals surface area contributed by atoms with E-state index in [0.717, 1.165) is 51.4 Å². The molecule has 0 radical (unpaired) electrons. The maximum atomic E-state index is 5.85. The molecule has 1 atom stereocenters. The van der Waals surface area contributed by atoms with Gasteiger partial charge >= 0.3 is 0 Å². The molecule has 22 heavy (non-hydrogen) atoms. The van der Waals surface area contributed by atoms with Gasteiger partial charge in [-0.1, -0.05) is 13.8 Å². The second-order valence-electron chi connectivity index (χ2n) is 5.50. The topological polar surface area (TPSA) is 41.5 Å². The Kier molecular flexibility index (Phi) is 8.82. The molecule has 1 aromatic rings. The van der Waals surface area contributed by atoms with Gasteiger partial charge in [0.2, 0.25) is 5.88 Å². The summed E-state index contributed by atoms with van der Waals surface area (Å²) in [4.78, 5) is 4.61. The van der Waals surface area contributed by atoms with Crippen LogP contribution in [0.2, 0.25) is 0 Å². The molecule has 0 spiro atoms. The third kappa shape index (κ3) is 6.18. The molecule has 0 amide bonds. The fraction of sp³-hybridized carbons (Fsp3) is 0.765. The molecule has 0 fully saturated rings. The number of anilines is 1. The van der Waals surface area contributed by atoms with E-state index in [9.17, 15) is 0 Å². The fourth-order valence-corrected chi connectivity index (χ4v) is 2.50. The van der Waals surface area contributed by atoms with E-state index < -0.39 is 0 Å². The summed E-state index contributed by atoms with van der Waals surface area (Å²) in [7, 11) is 0. The molecule has 0 aliphatic rings. The van der Waals surface area contributed by atoms with Gasteiger partial charge in [-0.3, -0.25) is 0 Å². The number of hydrogen-bond acceptors (Lipinski definition) is 5. The zero-order valence-electron chi connectivity index (χ0n) is 14.9. The molecule has 0 bridgehead atoms. The minimum atomic E-state index is 0.171. The predicted octanol–water partition coefficient (Wildman–Crippen LogP) is 3.21. The van der Waals surface area contributed by atoms with Crippen LogP contribution in [0.25, 0.3) is 0 Å². The third-order valence-corrected chi connectivity index (χ3v) is 4.01. The van der Waals surface area contributed by atoms with Crippen LogP contribution in [-0.2, 0) is 0 Å². The van der Waals surface area contributed by atoms with Crippen molar-refractivity contribution in [3.8, 4) is 5.88 Å². The van der Waals surface area contributed by atoms with Crippen molar-refractivity contribution >= 4 is 5.82 Å². The molecule has 5 heteroatoms. The highest BCUT2D eigenvalue weighted by atomic mass is 16.5. The van der Waals surface area contributed by atoms with Crippen molar-refractivity contribution in [1.29, 1.82) is 0 Å². The zero-order valence-corrected chi connectivity index (χ0v) is 14.9. The molecule has 1 unspecified atom stereocenters. The number of aromatic nitrogens is 2. The number of ether oxygens (including phenoxy) is 1. The Balaban J connectivity index is 2.39. The summed E-state index contributed by atoms with van der Waals surface area (Å²) in [5.41, 5.74) is 0. The van der Waals surface area contributed by atoms with Crippen LogP contribution in [0.1, 0.15) is 47.5 Å². The summed E-state index contributed by atoms with van der Waals surface area (Å²) in [6.07, 6.45) is 2.35. The highest BCUT2D eigenvalue weighted by Crippen LogP contribution is 2.15. The summed E-state index contributed by atoms with van der Waals surface area (Å²) in [6, 6.07) is 3.90. The monoisotopic (exact) mass is 308 g/mol. The predicted molar refractivity (Wildman–Crippen MR) is 92.7 cm³/mol. The smallest absolute Gasteiger partial charge is 0.233 e. The van der Waals surface area contributed by atoms with Crippen molar-refractivity contribution in [1.82, 2.24) is 15.1 Å². The normalized spacial score (nSPS) is 12.5. The van der Waals surface area contributed by atoms with Crippen LogP contribution in [0.5, 0.6) is 5.88 Å². The molecule has 1 heterocycles. The fourth-order valence-electron chi connectivity index (χ4n) is 2.50. The summed E-state index contributed by atoms with van der Waals surface area (Å²) in [5.74, 6) is 1.53. The minimum absolute atomic E-state index is 0.171. The van der Waals surface area contributed by atoms with Crippen molar-refractivity contribution in [2.45, 2.75) is 53.6 Å². The average Bonchev–Trinajstić information content (AvgIpc) is 2.54. The van der Waals surface area contributed by atoms with Gasteiger partial charge in [0.25, 0.3) is 0 Å². The van der Waals surface area contributed by atoms with E-state index in [1.165, 1.54) is 0 Å². The molecule has 5 nitrogen and oxygen atoms in total. The Hall–Kier alpha value is -1.36. The first-order valence-corrected chi connectivity index (χ1v) is 8.62. The highest BCUT2D eigenvalue weighted by Gasteiger charge is 2.09. The highest BCUT2D eigenvalue weighted by molar-refractivity contribution is 5.37. The van der Waals surface area contributed by atoms with Gasteiger partial charge in [0.1, 0.15) is 0 Å². The Morgan fingerprint density at radius 3 is 2.18 bits per heavy atom. The second-order valence-corrected chi connectivity index (χ2v) is 5.50. The molecule has 1 aromatic heterocycles. The van der Waals surface area contributed by atoms with E-state index in [2.05, 4.69) is 54.6 Å². The zero-order chi connectivity index (χ0) is 16.4. The summed E-state index contributed by atoms with van der Waals surface area (Å²) < 4.78 is 5.85. The van der Waals surface area contributed by atoms with Crippen molar-refractivity contribution < 1.29 is 4.74 Å². The van der Waals surface area contributed by atoms with Gasteiger partial charge in [-0.2, -0.15) is 0 Å². The molecular weight excluding hydrogens is 276 g/mol. The second kappa shape index (κ2) is 10.4. The molecule has 126 valence electrons. The lowest BCUT2D eigenvalue weighted by Crippen LogP contribution is -2.25. The number of nitrogens with zero attached hydrogens (tertiary/aromatic N) is 4. The number of hydrogen-bond donors (Lipinski definition) is 0. The standard InChI is InChI=1S/C17H32N4O/c1-6-20(7-2)14-10-11-15(5)22-17-13-12-16(18-19-17)21(8-3)9-4/h12-13,15H,6-11,14H2,1-5H3. The molecule has 0 N–H and O–H groups in total. The maximum absolute atomic E-state index is 5.85. The van der Waals surface area contributed by atoms with Gasteiger partial charge in [-0.25, -0.2) is 0 Å². The Bertz CT molecular complexity index is 388. The molecule has 1 rings (SSSR count). The Morgan fingerprint density at radius 1 is 1.00 bits per heavy atom. The summed E-state index contributed by atoms with van der Waals surface area (Å²) in [5, 5.41) is 8.44. The van der Waals surface area contributed by atoms with Crippen molar-refractivity contribution in [2.24, 2.45) is 0 Å². The Labute approximate surface area is 135 Å². The van der Waals surface area contributed by atoms with Crippen LogP contribution in [0.3, 0.4) is 0 Å². The van der Waals surface area contributed by atoms with Crippen molar-refractivity contribution in [3.05, 3.63) is 12.1 Å². The quantitative estimate of drug-likeness (QED) is 0.628. The van der Waals surface area contributed by atoms with Gasteiger partial charge in [0.05, 0.1) is 6.10 Å². The summed E-state index contributed by atoms with van der Waals surface area (Å²) >= 11 is 0. The SMILES string of the molecule is CCN(CC)CCCC(C)Oc1ccc(N(CC)CC)nn1. The van der Waals surface area contributed by atoms with Crippen LogP contribution < -0.4 is 9.64 Å². The van der Waals surface area contributed by atoms with E-state index in [1.54, 1.807) is 0 Å². The van der Waals surface area contributed by atoms with E-state index in [-0.39, 0.29) is 6.10 Å². The van der Waals surface area contributed by atoms with Gasteiger partial charge < -0.3 is 14.5 Å². The van der Waals surface area contributed by atoms with Crippen LogP contribution in [-0.4, -0.2) is 53.9 Å². The van der Waals surface area contributed by atoms with Gasteiger partial charge in [-0.15, -0.1) is 10.2 Å². The van der Waals surface area contributed by atoms with Gasteiger partial charge in [-0.05, 0) is 59.3 Å². The van der Waals surface area contributed by atoms with E-state index in [4.69, 9.17) is 4.74 Å². The first-order valence-electron chi connectivity index (χ1n) is 8.62. The molecule has 0 saturated heterocycles. The largest absolute Gasteiger partial charge is 0.474 e. The molecular formula is C17H32N4O. The first-order chi connectivity index (χ1) is 10.6. The lowest BCUT2D eigenvalue weighted by Gasteiger charge is -2.20. The van der Waals surface area contributed by atoms with E-state index in [1.807, 2.05) is 12.1 Å².